The molecule has 0 aromatic heterocycles. The summed E-state index contributed by atoms with van der Waals surface area (Å²) in [5.74, 6) is 0.928. The predicted molar refractivity (Wildman–Crippen MR) is 67.7 cm³/mol. The molecule has 0 amide bonds. The SMILES string of the molecule is Cc1ccc([C@@]23C[C@@H]2CN(C(C)C)C3)cc1. The van der Waals surface area contributed by atoms with E-state index in [-0.39, 0.29) is 0 Å². The Balaban J connectivity index is 1.84. The summed E-state index contributed by atoms with van der Waals surface area (Å²) in [7, 11) is 0. The molecule has 2 aliphatic rings. The maximum absolute atomic E-state index is 2.63. The van der Waals surface area contributed by atoms with Gasteiger partial charge < -0.3 is 0 Å². The molecule has 86 valence electrons. The van der Waals surface area contributed by atoms with E-state index >= 15 is 0 Å². The molecule has 1 heteroatoms. The van der Waals surface area contributed by atoms with Crippen LogP contribution in [0.3, 0.4) is 0 Å². The van der Waals surface area contributed by atoms with Crippen molar-refractivity contribution in [2.24, 2.45) is 5.92 Å². The Kier molecular flexibility index (Phi) is 2.16. The van der Waals surface area contributed by atoms with Crippen LogP contribution in [0, 0.1) is 12.8 Å². The molecule has 1 heterocycles. The van der Waals surface area contributed by atoms with Gasteiger partial charge in [0.2, 0.25) is 0 Å². The number of nitrogens with zero attached hydrogens (tertiary/aromatic N) is 1. The third kappa shape index (κ3) is 1.41. The number of hydrogen-bond acceptors (Lipinski definition) is 1. The number of aryl methyl sites for hydroxylation is 1. The van der Waals surface area contributed by atoms with E-state index in [0.29, 0.717) is 11.5 Å². The minimum absolute atomic E-state index is 0.526. The number of rotatable bonds is 2. The van der Waals surface area contributed by atoms with Crippen molar-refractivity contribution in [3.63, 3.8) is 0 Å². The van der Waals surface area contributed by atoms with Crippen LogP contribution in [-0.4, -0.2) is 24.0 Å². The van der Waals surface area contributed by atoms with Gasteiger partial charge in [-0.25, -0.2) is 0 Å². The highest BCUT2D eigenvalue weighted by atomic mass is 15.2. The second kappa shape index (κ2) is 3.33. The van der Waals surface area contributed by atoms with Gasteiger partial charge in [0, 0.05) is 24.5 Å². The van der Waals surface area contributed by atoms with Crippen LogP contribution in [0.5, 0.6) is 0 Å². The van der Waals surface area contributed by atoms with Gasteiger partial charge >= 0.3 is 0 Å². The zero-order valence-corrected chi connectivity index (χ0v) is 10.5. The number of piperidine rings is 1. The van der Waals surface area contributed by atoms with Crippen molar-refractivity contribution in [1.82, 2.24) is 4.90 Å². The van der Waals surface area contributed by atoms with E-state index in [2.05, 4.69) is 49.9 Å². The molecule has 0 N–H and O–H groups in total. The van der Waals surface area contributed by atoms with Crippen LogP contribution in [-0.2, 0) is 5.41 Å². The van der Waals surface area contributed by atoms with Gasteiger partial charge in [0.1, 0.15) is 0 Å². The summed E-state index contributed by atoms with van der Waals surface area (Å²) in [4.78, 5) is 2.63. The molecule has 1 aliphatic carbocycles. The number of fused-ring (bicyclic) bond motifs is 1. The molecular formula is C15H21N. The van der Waals surface area contributed by atoms with Gasteiger partial charge in [-0.3, -0.25) is 4.90 Å². The fourth-order valence-corrected chi connectivity index (χ4v) is 3.25. The minimum Gasteiger partial charge on any atom is -0.300 e. The molecule has 3 rings (SSSR count). The van der Waals surface area contributed by atoms with Gasteiger partial charge in [-0.15, -0.1) is 0 Å². The molecule has 2 fully saturated rings. The average Bonchev–Trinajstić information content (AvgIpc) is 2.82. The van der Waals surface area contributed by atoms with Crippen molar-refractivity contribution < 1.29 is 0 Å². The van der Waals surface area contributed by atoms with Gasteiger partial charge in [0.25, 0.3) is 0 Å². The Bertz CT molecular complexity index is 392. The third-order valence-electron chi connectivity index (χ3n) is 4.53. The van der Waals surface area contributed by atoms with Gasteiger partial charge in [-0.2, -0.15) is 0 Å². The molecule has 1 aliphatic heterocycles. The lowest BCUT2D eigenvalue weighted by Gasteiger charge is -2.24. The second-order valence-electron chi connectivity index (χ2n) is 5.95. The van der Waals surface area contributed by atoms with Crippen LogP contribution in [0.1, 0.15) is 31.4 Å². The second-order valence-corrected chi connectivity index (χ2v) is 5.95. The molecule has 1 saturated carbocycles. The lowest BCUT2D eigenvalue weighted by atomic mass is 9.94. The topological polar surface area (TPSA) is 3.24 Å². The molecular weight excluding hydrogens is 194 g/mol. The predicted octanol–water partition coefficient (Wildman–Crippen LogP) is 2.98. The zero-order valence-electron chi connectivity index (χ0n) is 10.5. The first-order valence-electron chi connectivity index (χ1n) is 6.43. The minimum atomic E-state index is 0.526. The lowest BCUT2D eigenvalue weighted by Crippen LogP contribution is -2.32. The fourth-order valence-electron chi connectivity index (χ4n) is 3.25. The summed E-state index contributed by atoms with van der Waals surface area (Å²) < 4.78 is 0. The smallest absolute Gasteiger partial charge is 0.0124 e. The summed E-state index contributed by atoms with van der Waals surface area (Å²) in [5, 5.41) is 0. The van der Waals surface area contributed by atoms with Crippen molar-refractivity contribution in [2.75, 3.05) is 13.1 Å². The fraction of sp³-hybridized carbons (Fsp3) is 0.600. The van der Waals surface area contributed by atoms with Crippen LogP contribution in [0.2, 0.25) is 0 Å². The third-order valence-corrected chi connectivity index (χ3v) is 4.53. The molecule has 2 atom stereocenters. The Morgan fingerprint density at radius 2 is 1.94 bits per heavy atom. The molecule has 16 heavy (non-hydrogen) atoms. The summed E-state index contributed by atoms with van der Waals surface area (Å²) in [6, 6.07) is 9.92. The van der Waals surface area contributed by atoms with E-state index in [4.69, 9.17) is 0 Å². The highest BCUT2D eigenvalue weighted by molar-refractivity contribution is 5.38. The van der Waals surface area contributed by atoms with Crippen LogP contribution >= 0.6 is 0 Å². The Morgan fingerprint density at radius 1 is 1.25 bits per heavy atom. The van der Waals surface area contributed by atoms with Crippen LogP contribution in [0.25, 0.3) is 0 Å². The maximum Gasteiger partial charge on any atom is 0.0124 e. The van der Waals surface area contributed by atoms with Gasteiger partial charge in [-0.1, -0.05) is 29.8 Å². The van der Waals surface area contributed by atoms with E-state index in [1.54, 1.807) is 5.56 Å². The largest absolute Gasteiger partial charge is 0.300 e. The van der Waals surface area contributed by atoms with Gasteiger partial charge in [0.15, 0.2) is 0 Å². The van der Waals surface area contributed by atoms with E-state index in [9.17, 15) is 0 Å². The van der Waals surface area contributed by atoms with E-state index < -0.39 is 0 Å². The first kappa shape index (κ1) is 10.3. The van der Waals surface area contributed by atoms with Gasteiger partial charge in [-0.05, 0) is 38.7 Å². The monoisotopic (exact) mass is 215 g/mol. The molecule has 0 bridgehead atoms. The average molecular weight is 215 g/mol. The summed E-state index contributed by atoms with van der Waals surface area (Å²) in [6.45, 7) is 9.38. The number of benzene rings is 1. The molecule has 0 unspecified atom stereocenters. The van der Waals surface area contributed by atoms with Crippen molar-refractivity contribution in [3.8, 4) is 0 Å². The molecule has 1 aromatic carbocycles. The summed E-state index contributed by atoms with van der Waals surface area (Å²) >= 11 is 0. The van der Waals surface area contributed by atoms with Gasteiger partial charge in [0.05, 0.1) is 0 Å². The highest BCUT2D eigenvalue weighted by Gasteiger charge is 2.60. The molecule has 1 saturated heterocycles. The Labute approximate surface area is 98.5 Å². The van der Waals surface area contributed by atoms with Crippen LogP contribution < -0.4 is 0 Å². The standard InChI is InChI=1S/C15H21N/c1-11(2)16-9-14-8-15(14,10-16)13-6-4-12(3)5-7-13/h4-7,11,14H,8-10H2,1-3H3/t14-,15+/m1/s1. The summed E-state index contributed by atoms with van der Waals surface area (Å²) in [6.07, 6.45) is 1.42. The van der Waals surface area contributed by atoms with E-state index in [1.807, 2.05) is 0 Å². The number of hydrogen-bond donors (Lipinski definition) is 0. The summed E-state index contributed by atoms with van der Waals surface area (Å²) in [5.41, 5.74) is 3.47. The first-order valence-corrected chi connectivity index (χ1v) is 6.43. The first-order chi connectivity index (χ1) is 7.62. The number of likely N-dealkylation sites (tertiary alicyclic amines) is 1. The van der Waals surface area contributed by atoms with Crippen LogP contribution in [0.15, 0.2) is 24.3 Å². The Morgan fingerprint density at radius 3 is 2.50 bits per heavy atom. The molecule has 1 aromatic rings. The normalized spacial score (nSPS) is 33.1. The van der Waals surface area contributed by atoms with Crippen molar-refractivity contribution in [3.05, 3.63) is 35.4 Å². The zero-order chi connectivity index (χ0) is 11.3. The van der Waals surface area contributed by atoms with Crippen molar-refractivity contribution >= 4 is 0 Å². The highest BCUT2D eigenvalue weighted by Crippen LogP contribution is 2.59. The Hall–Kier alpha value is -0.820. The maximum atomic E-state index is 2.63. The molecule has 0 radical (unpaired) electrons. The van der Waals surface area contributed by atoms with E-state index in [0.717, 1.165) is 5.92 Å². The van der Waals surface area contributed by atoms with E-state index in [1.165, 1.54) is 25.1 Å². The van der Waals surface area contributed by atoms with Crippen LogP contribution in [0.4, 0.5) is 0 Å². The van der Waals surface area contributed by atoms with Crippen molar-refractivity contribution in [2.45, 2.75) is 38.6 Å². The quantitative estimate of drug-likeness (QED) is 0.733. The van der Waals surface area contributed by atoms with Crippen molar-refractivity contribution in [1.29, 1.82) is 0 Å². The molecule has 1 nitrogen and oxygen atoms in total. The lowest BCUT2D eigenvalue weighted by molar-refractivity contribution is 0.243. The molecule has 0 spiro atoms.